The lowest BCUT2D eigenvalue weighted by Crippen LogP contribution is -2.19. The van der Waals surface area contributed by atoms with Gasteiger partial charge in [0, 0.05) is 0 Å². The third-order valence-electron chi connectivity index (χ3n) is 3.86. The van der Waals surface area contributed by atoms with Crippen LogP contribution in [-0.4, -0.2) is 17.7 Å². The van der Waals surface area contributed by atoms with Gasteiger partial charge < -0.3 is 10.1 Å². The molecule has 0 spiro atoms. The first kappa shape index (κ1) is 18.3. The van der Waals surface area contributed by atoms with Crippen molar-refractivity contribution in [1.82, 2.24) is 5.32 Å². The molecule has 1 amide bonds. The lowest BCUT2D eigenvalue weighted by molar-refractivity contribution is -0.115. The molecule has 1 heterocycles. The maximum atomic E-state index is 12.2. The van der Waals surface area contributed by atoms with Gasteiger partial charge in [-0.25, -0.2) is 4.99 Å². The topological polar surface area (TPSA) is 50.7 Å². The zero-order valence-corrected chi connectivity index (χ0v) is 15.8. The molecule has 1 fully saturated rings. The minimum absolute atomic E-state index is 0.121. The van der Waals surface area contributed by atoms with E-state index in [1.807, 2.05) is 61.5 Å². The number of carbonyl (C=O) groups excluding carboxylic acids is 1. The van der Waals surface area contributed by atoms with Crippen molar-refractivity contribution in [3.8, 4) is 5.75 Å². The molecule has 1 aliphatic rings. The Morgan fingerprint density at radius 1 is 1.12 bits per heavy atom. The van der Waals surface area contributed by atoms with Crippen LogP contribution in [0.25, 0.3) is 6.08 Å². The number of hydrogen-bond donors (Lipinski definition) is 1. The largest absolute Gasteiger partial charge is 0.494 e. The number of unbranched alkanes of at least 4 members (excludes halogenated alkanes) is 1. The van der Waals surface area contributed by atoms with Gasteiger partial charge in [-0.05, 0) is 61.0 Å². The van der Waals surface area contributed by atoms with Gasteiger partial charge in [-0.1, -0.05) is 43.2 Å². The number of rotatable bonds is 6. The van der Waals surface area contributed by atoms with Crippen LogP contribution in [0.15, 0.2) is 58.4 Å². The average molecular weight is 366 g/mol. The molecule has 2 aromatic rings. The van der Waals surface area contributed by atoms with Gasteiger partial charge in [-0.2, -0.15) is 0 Å². The number of aryl methyl sites for hydroxylation is 1. The quantitative estimate of drug-likeness (QED) is 0.574. The second kappa shape index (κ2) is 8.72. The van der Waals surface area contributed by atoms with Crippen LogP contribution in [0.5, 0.6) is 5.75 Å². The molecular weight excluding hydrogens is 344 g/mol. The summed E-state index contributed by atoms with van der Waals surface area (Å²) in [4.78, 5) is 17.3. The molecule has 1 saturated heterocycles. The minimum Gasteiger partial charge on any atom is -0.494 e. The summed E-state index contributed by atoms with van der Waals surface area (Å²) in [5.74, 6) is 0.731. The molecule has 0 saturated carbocycles. The maximum absolute atomic E-state index is 12.2. The Morgan fingerprint density at radius 2 is 1.85 bits per heavy atom. The number of thioether (sulfide) groups is 1. The number of amides is 1. The molecule has 0 unspecified atom stereocenters. The molecule has 5 heteroatoms. The van der Waals surface area contributed by atoms with Gasteiger partial charge in [0.2, 0.25) is 0 Å². The van der Waals surface area contributed by atoms with Gasteiger partial charge in [0.25, 0.3) is 5.91 Å². The number of carbonyl (C=O) groups is 1. The number of benzene rings is 2. The monoisotopic (exact) mass is 366 g/mol. The number of aliphatic imine (C=N–C) groups is 1. The fraction of sp³-hybridized carbons (Fsp3) is 0.238. The summed E-state index contributed by atoms with van der Waals surface area (Å²) in [6.45, 7) is 4.90. The van der Waals surface area contributed by atoms with Gasteiger partial charge in [0.05, 0.1) is 17.2 Å². The first-order valence-corrected chi connectivity index (χ1v) is 9.55. The Labute approximate surface area is 158 Å². The molecule has 0 aromatic heterocycles. The van der Waals surface area contributed by atoms with Crippen LogP contribution >= 0.6 is 11.8 Å². The zero-order valence-electron chi connectivity index (χ0n) is 15.0. The first-order valence-electron chi connectivity index (χ1n) is 8.73. The Bertz CT molecular complexity index is 824. The molecule has 26 heavy (non-hydrogen) atoms. The summed E-state index contributed by atoms with van der Waals surface area (Å²) < 4.78 is 5.66. The van der Waals surface area contributed by atoms with Crippen molar-refractivity contribution < 1.29 is 9.53 Å². The van der Waals surface area contributed by atoms with Gasteiger partial charge in [-0.15, -0.1) is 0 Å². The van der Waals surface area contributed by atoms with Crippen molar-refractivity contribution in [2.75, 3.05) is 6.61 Å². The maximum Gasteiger partial charge on any atom is 0.264 e. The molecule has 0 atom stereocenters. The van der Waals surface area contributed by atoms with Crippen LogP contribution in [0.3, 0.4) is 0 Å². The fourth-order valence-corrected chi connectivity index (χ4v) is 3.20. The van der Waals surface area contributed by atoms with E-state index in [4.69, 9.17) is 4.74 Å². The van der Waals surface area contributed by atoms with Crippen molar-refractivity contribution in [3.05, 3.63) is 64.6 Å². The van der Waals surface area contributed by atoms with E-state index in [9.17, 15) is 4.79 Å². The van der Waals surface area contributed by atoms with Crippen LogP contribution in [0.2, 0.25) is 0 Å². The average Bonchev–Trinajstić information content (AvgIpc) is 2.98. The number of amidine groups is 1. The third-order valence-corrected chi connectivity index (χ3v) is 4.77. The standard InChI is InChI=1S/C21H22N2O2S/c1-3-4-13-25-18-11-7-16(8-12-18)14-19-20(24)23-21(26-19)22-17-9-5-15(2)6-10-17/h5-12,14H,3-4,13H2,1-2H3,(H,22,23,24)/b19-14-. The van der Waals surface area contributed by atoms with Gasteiger partial charge in [0.15, 0.2) is 5.17 Å². The van der Waals surface area contributed by atoms with Crippen molar-refractivity contribution in [3.63, 3.8) is 0 Å². The van der Waals surface area contributed by atoms with E-state index < -0.39 is 0 Å². The molecule has 0 radical (unpaired) electrons. The molecule has 2 aromatic carbocycles. The highest BCUT2D eigenvalue weighted by Crippen LogP contribution is 2.28. The van der Waals surface area contributed by atoms with Gasteiger partial charge in [-0.3, -0.25) is 4.79 Å². The Hall–Kier alpha value is -2.53. The summed E-state index contributed by atoms with van der Waals surface area (Å²) in [5.41, 5.74) is 2.97. The molecule has 4 nitrogen and oxygen atoms in total. The van der Waals surface area contributed by atoms with E-state index >= 15 is 0 Å². The lowest BCUT2D eigenvalue weighted by Gasteiger charge is -2.05. The van der Waals surface area contributed by atoms with Crippen LogP contribution in [-0.2, 0) is 4.79 Å². The van der Waals surface area contributed by atoms with Crippen LogP contribution in [0, 0.1) is 6.92 Å². The molecule has 0 bridgehead atoms. The highest BCUT2D eigenvalue weighted by atomic mass is 32.2. The second-order valence-corrected chi connectivity index (χ2v) is 7.12. The minimum atomic E-state index is -0.121. The SMILES string of the molecule is CCCCOc1ccc(/C=C2\SC(=Nc3ccc(C)cc3)NC2=O)cc1. The van der Waals surface area contributed by atoms with E-state index in [0.29, 0.717) is 10.1 Å². The summed E-state index contributed by atoms with van der Waals surface area (Å²) in [6.07, 6.45) is 4.03. The summed E-state index contributed by atoms with van der Waals surface area (Å²) in [7, 11) is 0. The van der Waals surface area contributed by atoms with Crippen molar-refractivity contribution in [1.29, 1.82) is 0 Å². The first-order chi connectivity index (χ1) is 12.6. The molecular formula is C21H22N2O2S. The van der Waals surface area contributed by atoms with Crippen LogP contribution < -0.4 is 10.1 Å². The Kier molecular flexibility index (Phi) is 6.12. The smallest absolute Gasteiger partial charge is 0.264 e. The summed E-state index contributed by atoms with van der Waals surface area (Å²) in [5, 5.41) is 3.42. The normalized spacial score (nSPS) is 16.9. The van der Waals surface area contributed by atoms with E-state index in [1.165, 1.54) is 17.3 Å². The third kappa shape index (κ3) is 4.99. The number of nitrogens with zero attached hydrogens (tertiary/aromatic N) is 1. The van der Waals surface area contributed by atoms with Crippen molar-refractivity contribution in [2.45, 2.75) is 26.7 Å². The summed E-state index contributed by atoms with van der Waals surface area (Å²) >= 11 is 1.35. The molecule has 0 aliphatic carbocycles. The lowest BCUT2D eigenvalue weighted by atomic mass is 10.2. The molecule has 3 rings (SSSR count). The summed E-state index contributed by atoms with van der Waals surface area (Å²) in [6, 6.07) is 15.7. The zero-order chi connectivity index (χ0) is 18.4. The molecule has 1 aliphatic heterocycles. The van der Waals surface area contributed by atoms with Gasteiger partial charge >= 0.3 is 0 Å². The number of hydrogen-bond acceptors (Lipinski definition) is 4. The molecule has 134 valence electrons. The van der Waals surface area contributed by atoms with Gasteiger partial charge in [0.1, 0.15) is 5.75 Å². The Balaban J connectivity index is 1.67. The van der Waals surface area contributed by atoms with Crippen LogP contribution in [0.4, 0.5) is 5.69 Å². The van der Waals surface area contributed by atoms with Crippen molar-refractivity contribution >= 4 is 34.6 Å². The van der Waals surface area contributed by atoms with Crippen LogP contribution in [0.1, 0.15) is 30.9 Å². The highest BCUT2D eigenvalue weighted by molar-refractivity contribution is 8.18. The van der Waals surface area contributed by atoms with Crippen molar-refractivity contribution in [2.24, 2.45) is 4.99 Å². The fourth-order valence-electron chi connectivity index (χ4n) is 2.36. The Morgan fingerprint density at radius 3 is 2.54 bits per heavy atom. The molecule has 1 N–H and O–H groups in total. The number of ether oxygens (including phenoxy) is 1. The van der Waals surface area contributed by atoms with E-state index in [-0.39, 0.29) is 5.91 Å². The highest BCUT2D eigenvalue weighted by Gasteiger charge is 2.23. The van der Waals surface area contributed by atoms with E-state index in [2.05, 4.69) is 17.2 Å². The second-order valence-electron chi connectivity index (χ2n) is 6.09. The van der Waals surface area contributed by atoms with E-state index in [1.54, 1.807) is 0 Å². The van der Waals surface area contributed by atoms with E-state index in [0.717, 1.165) is 36.4 Å². The predicted molar refractivity (Wildman–Crippen MR) is 109 cm³/mol. The predicted octanol–water partition coefficient (Wildman–Crippen LogP) is 5.07. The number of nitrogens with one attached hydrogen (secondary N) is 1.